The smallest absolute Gasteiger partial charge is 0.416 e. The molecular weight excluding hydrogens is 307 g/mol. The van der Waals surface area contributed by atoms with E-state index >= 15 is 0 Å². The molecule has 1 aliphatic rings. The quantitative estimate of drug-likeness (QED) is 0.896. The molecule has 0 aliphatic heterocycles. The molecule has 1 aliphatic carbocycles. The third-order valence-corrected chi connectivity index (χ3v) is 4.14. The Balaban J connectivity index is 0.00000220. The summed E-state index contributed by atoms with van der Waals surface area (Å²) in [5, 5.41) is 9.15. The summed E-state index contributed by atoms with van der Waals surface area (Å²) >= 11 is 0. The number of carboxylic acids is 1. The molecule has 0 spiro atoms. The van der Waals surface area contributed by atoms with E-state index in [1.54, 1.807) is 0 Å². The molecule has 0 saturated heterocycles. The van der Waals surface area contributed by atoms with E-state index in [9.17, 15) is 18.0 Å². The van der Waals surface area contributed by atoms with Gasteiger partial charge in [0.2, 0.25) is 0 Å². The van der Waals surface area contributed by atoms with Crippen LogP contribution in [0.1, 0.15) is 36.8 Å². The standard InChI is InChI=1S/C14H16F3NO2.ClH/c15-14(16,17)10-5-3-9(4-6-10)13(7-1-2-8-13)11(18)12(19)20;/h3-6,11H,1-2,7-8,18H2,(H,19,20);1H. The van der Waals surface area contributed by atoms with Crippen LogP contribution in [-0.2, 0) is 16.4 Å². The summed E-state index contributed by atoms with van der Waals surface area (Å²) in [5.74, 6) is -1.12. The van der Waals surface area contributed by atoms with Crippen LogP contribution in [0.3, 0.4) is 0 Å². The van der Waals surface area contributed by atoms with Gasteiger partial charge in [-0.3, -0.25) is 4.79 Å². The largest absolute Gasteiger partial charge is 0.480 e. The Kier molecular flexibility index (Phi) is 5.28. The molecule has 1 aromatic carbocycles. The van der Waals surface area contributed by atoms with Gasteiger partial charge in [-0.2, -0.15) is 13.2 Å². The third kappa shape index (κ3) is 3.32. The first-order valence-electron chi connectivity index (χ1n) is 6.43. The van der Waals surface area contributed by atoms with Crippen LogP contribution < -0.4 is 5.73 Å². The van der Waals surface area contributed by atoms with Crippen LogP contribution in [0, 0.1) is 0 Å². The van der Waals surface area contributed by atoms with Crippen LogP contribution in [0.15, 0.2) is 24.3 Å². The zero-order valence-corrected chi connectivity index (χ0v) is 12.0. The van der Waals surface area contributed by atoms with Crippen molar-refractivity contribution in [2.75, 3.05) is 0 Å². The predicted molar refractivity (Wildman–Crippen MR) is 74.4 cm³/mol. The summed E-state index contributed by atoms with van der Waals surface area (Å²) in [4.78, 5) is 11.2. The maximum atomic E-state index is 12.6. The molecule has 1 unspecified atom stereocenters. The summed E-state index contributed by atoms with van der Waals surface area (Å²) in [6, 6.07) is 3.60. The summed E-state index contributed by atoms with van der Waals surface area (Å²) in [6.07, 6.45) is -1.54. The molecule has 0 bridgehead atoms. The van der Waals surface area contributed by atoms with Gasteiger partial charge >= 0.3 is 12.1 Å². The van der Waals surface area contributed by atoms with E-state index in [0.717, 1.165) is 25.0 Å². The van der Waals surface area contributed by atoms with Crippen molar-refractivity contribution in [3.8, 4) is 0 Å². The first kappa shape index (κ1) is 17.8. The summed E-state index contributed by atoms with van der Waals surface area (Å²) in [7, 11) is 0. The second kappa shape index (κ2) is 6.23. The van der Waals surface area contributed by atoms with Gasteiger partial charge in [0, 0.05) is 5.41 Å². The molecular formula is C14H17ClF3NO2. The highest BCUT2D eigenvalue weighted by Crippen LogP contribution is 2.44. The number of carbonyl (C=O) groups is 1. The molecule has 3 nitrogen and oxygen atoms in total. The lowest BCUT2D eigenvalue weighted by Gasteiger charge is -2.33. The highest BCUT2D eigenvalue weighted by molar-refractivity contribution is 5.85. The van der Waals surface area contributed by atoms with E-state index in [1.165, 1.54) is 12.1 Å². The van der Waals surface area contributed by atoms with E-state index in [2.05, 4.69) is 0 Å². The van der Waals surface area contributed by atoms with Crippen LogP contribution >= 0.6 is 12.4 Å². The average molecular weight is 324 g/mol. The van der Waals surface area contributed by atoms with E-state index in [1.807, 2.05) is 0 Å². The number of rotatable bonds is 3. The highest BCUT2D eigenvalue weighted by Gasteiger charge is 2.44. The maximum absolute atomic E-state index is 12.6. The molecule has 7 heteroatoms. The van der Waals surface area contributed by atoms with Gasteiger partial charge in [-0.1, -0.05) is 25.0 Å². The van der Waals surface area contributed by atoms with Crippen molar-refractivity contribution in [3.63, 3.8) is 0 Å². The molecule has 1 fully saturated rings. The van der Waals surface area contributed by atoms with E-state index in [4.69, 9.17) is 10.8 Å². The van der Waals surface area contributed by atoms with Crippen LogP contribution in [0.25, 0.3) is 0 Å². The normalized spacial score (nSPS) is 18.9. The van der Waals surface area contributed by atoms with Crippen LogP contribution in [-0.4, -0.2) is 17.1 Å². The molecule has 3 N–H and O–H groups in total. The van der Waals surface area contributed by atoms with E-state index in [0.29, 0.717) is 18.4 Å². The maximum Gasteiger partial charge on any atom is 0.416 e. The van der Waals surface area contributed by atoms with Crippen molar-refractivity contribution >= 4 is 18.4 Å². The zero-order valence-electron chi connectivity index (χ0n) is 11.2. The molecule has 0 radical (unpaired) electrons. The van der Waals surface area contributed by atoms with Gasteiger partial charge in [-0.15, -0.1) is 12.4 Å². The van der Waals surface area contributed by atoms with Crippen molar-refractivity contribution in [1.29, 1.82) is 0 Å². The number of alkyl halides is 3. The van der Waals surface area contributed by atoms with Crippen LogP contribution in [0.2, 0.25) is 0 Å². The van der Waals surface area contributed by atoms with Gasteiger partial charge in [0.1, 0.15) is 6.04 Å². The first-order chi connectivity index (χ1) is 9.27. The Morgan fingerprint density at radius 3 is 2.05 bits per heavy atom. The lowest BCUT2D eigenvalue weighted by molar-refractivity contribution is -0.140. The van der Waals surface area contributed by atoms with Crippen molar-refractivity contribution < 1.29 is 23.1 Å². The summed E-state index contributed by atoms with van der Waals surface area (Å²) in [6.45, 7) is 0. The lowest BCUT2D eigenvalue weighted by atomic mass is 9.73. The Bertz CT molecular complexity index is 496. The molecule has 1 saturated carbocycles. The molecule has 1 aromatic rings. The molecule has 1 atom stereocenters. The van der Waals surface area contributed by atoms with E-state index < -0.39 is 29.2 Å². The van der Waals surface area contributed by atoms with E-state index in [-0.39, 0.29) is 12.4 Å². The number of hydrogen-bond acceptors (Lipinski definition) is 2. The average Bonchev–Trinajstić information content (AvgIpc) is 2.87. The number of aliphatic carboxylic acids is 1. The monoisotopic (exact) mass is 323 g/mol. The zero-order chi connectivity index (χ0) is 15.0. The second-order valence-corrected chi connectivity index (χ2v) is 5.25. The van der Waals surface area contributed by atoms with Crippen LogP contribution in [0.4, 0.5) is 13.2 Å². The molecule has 0 amide bonds. The SMILES string of the molecule is Cl.NC(C(=O)O)C1(c2ccc(C(F)(F)F)cc2)CCCC1. The van der Waals surface area contributed by atoms with Gasteiger partial charge in [-0.25, -0.2) is 0 Å². The van der Waals surface area contributed by atoms with Gasteiger partial charge < -0.3 is 10.8 Å². The molecule has 2 rings (SSSR count). The van der Waals surface area contributed by atoms with Crippen molar-refractivity contribution in [3.05, 3.63) is 35.4 Å². The minimum absolute atomic E-state index is 0. The Morgan fingerprint density at radius 1 is 1.19 bits per heavy atom. The van der Waals surface area contributed by atoms with Gasteiger partial charge in [-0.05, 0) is 30.5 Å². The Morgan fingerprint density at radius 2 is 1.67 bits per heavy atom. The third-order valence-electron chi connectivity index (χ3n) is 4.14. The second-order valence-electron chi connectivity index (χ2n) is 5.25. The van der Waals surface area contributed by atoms with Crippen molar-refractivity contribution in [1.82, 2.24) is 0 Å². The van der Waals surface area contributed by atoms with Gasteiger partial charge in [0.15, 0.2) is 0 Å². The fourth-order valence-electron chi connectivity index (χ4n) is 3.01. The number of hydrogen-bond donors (Lipinski definition) is 2. The van der Waals surface area contributed by atoms with Crippen molar-refractivity contribution in [2.24, 2.45) is 5.73 Å². The molecule has 118 valence electrons. The fourth-order valence-corrected chi connectivity index (χ4v) is 3.01. The number of nitrogens with two attached hydrogens (primary N) is 1. The first-order valence-corrected chi connectivity index (χ1v) is 6.43. The Labute approximate surface area is 126 Å². The van der Waals surface area contributed by atoms with Crippen molar-refractivity contribution in [2.45, 2.75) is 43.3 Å². The summed E-state index contributed by atoms with van der Waals surface area (Å²) < 4.78 is 37.7. The molecule has 0 heterocycles. The lowest BCUT2D eigenvalue weighted by Crippen LogP contribution is -2.49. The minimum atomic E-state index is -4.39. The molecule has 0 aromatic heterocycles. The van der Waals surface area contributed by atoms with Gasteiger partial charge in [0.25, 0.3) is 0 Å². The topological polar surface area (TPSA) is 63.3 Å². The van der Waals surface area contributed by atoms with Crippen LogP contribution in [0.5, 0.6) is 0 Å². The number of benzene rings is 1. The fraction of sp³-hybridized carbons (Fsp3) is 0.500. The predicted octanol–water partition coefficient (Wildman–Crippen LogP) is 3.35. The minimum Gasteiger partial charge on any atom is -0.480 e. The molecule has 21 heavy (non-hydrogen) atoms. The summed E-state index contributed by atoms with van der Waals surface area (Å²) in [5.41, 5.74) is 4.88. The number of carboxylic acid groups (broad SMARTS) is 1. The highest BCUT2D eigenvalue weighted by atomic mass is 35.5. The van der Waals surface area contributed by atoms with Gasteiger partial charge in [0.05, 0.1) is 5.56 Å². The Hall–Kier alpha value is -1.27. The number of halogens is 4.